The van der Waals surface area contributed by atoms with E-state index < -0.39 is 0 Å². The highest BCUT2D eigenvalue weighted by molar-refractivity contribution is 7.07. The van der Waals surface area contributed by atoms with Crippen LogP contribution >= 0.6 is 11.3 Å². The smallest absolute Gasteiger partial charge is 0.0948 e. The summed E-state index contributed by atoms with van der Waals surface area (Å²) in [7, 11) is 0. The van der Waals surface area contributed by atoms with Crippen LogP contribution in [0.3, 0.4) is 0 Å². The Morgan fingerprint density at radius 2 is 2.20 bits per heavy atom. The van der Waals surface area contributed by atoms with Gasteiger partial charge in [0.25, 0.3) is 0 Å². The lowest BCUT2D eigenvalue weighted by atomic mass is 10.1. The van der Waals surface area contributed by atoms with Gasteiger partial charge in [0.15, 0.2) is 0 Å². The molecular weight excluding hydrogens is 332 g/mol. The molecule has 0 unspecified atom stereocenters. The maximum Gasteiger partial charge on any atom is 0.0948 e. The van der Waals surface area contributed by atoms with Crippen molar-refractivity contribution in [3.8, 4) is 0 Å². The number of rotatable bonds is 8. The minimum absolute atomic E-state index is 0.254. The Kier molecular flexibility index (Phi) is 6.64. The molecule has 25 heavy (non-hydrogen) atoms. The molecule has 0 radical (unpaired) electrons. The molecule has 0 aromatic carbocycles. The minimum Gasteiger partial charge on any atom is -0.396 e. The van der Waals surface area contributed by atoms with Crippen LogP contribution in [-0.2, 0) is 19.6 Å². The second-order valence-electron chi connectivity index (χ2n) is 7.43. The van der Waals surface area contributed by atoms with Crippen LogP contribution in [0.2, 0.25) is 0 Å². The molecule has 6 heteroatoms. The molecule has 138 valence electrons. The van der Waals surface area contributed by atoms with Gasteiger partial charge in [0, 0.05) is 58.1 Å². The number of piperazine rings is 1. The zero-order chi connectivity index (χ0) is 17.6. The molecule has 1 aliphatic heterocycles. The summed E-state index contributed by atoms with van der Waals surface area (Å²) in [6.45, 7) is 10.8. The Morgan fingerprint density at radius 1 is 1.32 bits per heavy atom. The molecule has 0 amide bonds. The average molecular weight is 363 g/mol. The summed E-state index contributed by atoms with van der Waals surface area (Å²) in [4.78, 5) is 9.39. The maximum atomic E-state index is 9.49. The van der Waals surface area contributed by atoms with Crippen LogP contribution < -0.4 is 0 Å². The number of hydrogen-bond acceptors (Lipinski definition) is 5. The highest BCUT2D eigenvalue weighted by Crippen LogP contribution is 2.19. The molecule has 1 N–H and O–H groups in total. The fraction of sp³-hybridized carbons (Fsp3) is 0.632. The Labute approximate surface area is 154 Å². The van der Waals surface area contributed by atoms with E-state index in [9.17, 15) is 5.11 Å². The van der Waals surface area contributed by atoms with Crippen LogP contribution in [-0.4, -0.2) is 56.7 Å². The molecular formula is C19H30N4OS. The van der Waals surface area contributed by atoms with Gasteiger partial charge in [-0.2, -0.15) is 11.3 Å². The number of thiophene rings is 1. The third-order valence-corrected chi connectivity index (χ3v) is 5.59. The SMILES string of the molecule is CC(C)Cn1cncc1CN1CCN(Cc2ccsc2)[C@H](CCO)C1. The molecule has 3 heterocycles. The third-order valence-electron chi connectivity index (χ3n) is 4.86. The van der Waals surface area contributed by atoms with Crippen molar-refractivity contribution in [3.63, 3.8) is 0 Å². The monoisotopic (exact) mass is 362 g/mol. The number of aliphatic hydroxyl groups excluding tert-OH is 1. The summed E-state index contributed by atoms with van der Waals surface area (Å²) in [6.07, 6.45) is 4.79. The van der Waals surface area contributed by atoms with Crippen LogP contribution in [0, 0.1) is 5.92 Å². The van der Waals surface area contributed by atoms with Gasteiger partial charge in [-0.25, -0.2) is 4.98 Å². The molecule has 1 fully saturated rings. The van der Waals surface area contributed by atoms with Crippen LogP contribution in [0.1, 0.15) is 31.5 Å². The Hall–Kier alpha value is -1.21. The van der Waals surface area contributed by atoms with Gasteiger partial charge in [0.1, 0.15) is 0 Å². The van der Waals surface area contributed by atoms with Crippen LogP contribution in [0.4, 0.5) is 0 Å². The van der Waals surface area contributed by atoms with Crippen molar-refractivity contribution in [1.29, 1.82) is 0 Å². The van der Waals surface area contributed by atoms with Crippen molar-refractivity contribution < 1.29 is 5.11 Å². The first-order valence-corrected chi connectivity index (χ1v) is 10.2. The maximum absolute atomic E-state index is 9.49. The van der Waals surface area contributed by atoms with E-state index in [2.05, 4.69) is 50.0 Å². The number of imidazole rings is 1. The van der Waals surface area contributed by atoms with Crippen LogP contribution in [0.5, 0.6) is 0 Å². The van der Waals surface area contributed by atoms with Gasteiger partial charge in [-0.15, -0.1) is 0 Å². The molecule has 1 saturated heterocycles. The second kappa shape index (κ2) is 8.94. The summed E-state index contributed by atoms with van der Waals surface area (Å²) in [6, 6.07) is 2.62. The van der Waals surface area contributed by atoms with Gasteiger partial charge < -0.3 is 9.67 Å². The molecule has 0 saturated carbocycles. The van der Waals surface area contributed by atoms with Crippen LogP contribution in [0.15, 0.2) is 29.4 Å². The molecule has 0 aliphatic carbocycles. The summed E-state index contributed by atoms with van der Waals surface area (Å²) in [5.74, 6) is 0.623. The fourth-order valence-electron chi connectivity index (χ4n) is 3.62. The Morgan fingerprint density at radius 3 is 2.92 bits per heavy atom. The predicted molar refractivity (Wildman–Crippen MR) is 103 cm³/mol. The lowest BCUT2D eigenvalue weighted by Crippen LogP contribution is -2.52. The van der Waals surface area contributed by atoms with E-state index in [1.54, 1.807) is 11.3 Å². The first-order valence-electron chi connectivity index (χ1n) is 9.23. The van der Waals surface area contributed by atoms with E-state index >= 15 is 0 Å². The molecule has 0 spiro atoms. The number of hydrogen-bond donors (Lipinski definition) is 1. The molecule has 1 atom stereocenters. The zero-order valence-electron chi connectivity index (χ0n) is 15.3. The molecule has 2 aromatic rings. The van der Waals surface area contributed by atoms with Crippen molar-refractivity contribution in [1.82, 2.24) is 19.4 Å². The third kappa shape index (κ3) is 5.14. The standard InChI is InChI=1S/C19H30N4OS/c1-16(2)10-23-15-20-9-19(23)13-21-5-6-22(18(12-21)3-7-24)11-17-4-8-25-14-17/h4,8-9,14-16,18,24H,3,5-7,10-13H2,1-2H3/t18-/m1/s1. The fourth-order valence-corrected chi connectivity index (χ4v) is 4.28. The quantitative estimate of drug-likeness (QED) is 0.784. The van der Waals surface area contributed by atoms with E-state index in [1.807, 2.05) is 12.5 Å². The van der Waals surface area contributed by atoms with Crippen molar-refractivity contribution >= 4 is 11.3 Å². The summed E-state index contributed by atoms with van der Waals surface area (Å²) >= 11 is 1.76. The summed E-state index contributed by atoms with van der Waals surface area (Å²) in [5, 5.41) is 13.9. The van der Waals surface area contributed by atoms with E-state index in [1.165, 1.54) is 11.3 Å². The number of aliphatic hydroxyl groups is 1. The summed E-state index contributed by atoms with van der Waals surface area (Å²) < 4.78 is 2.28. The highest BCUT2D eigenvalue weighted by atomic mass is 32.1. The van der Waals surface area contributed by atoms with Crippen LogP contribution in [0.25, 0.3) is 0 Å². The van der Waals surface area contributed by atoms with Gasteiger partial charge >= 0.3 is 0 Å². The molecule has 2 aromatic heterocycles. The number of nitrogens with zero attached hydrogens (tertiary/aromatic N) is 4. The van der Waals surface area contributed by atoms with Crippen molar-refractivity contribution in [2.24, 2.45) is 5.92 Å². The van der Waals surface area contributed by atoms with Gasteiger partial charge in [-0.05, 0) is 34.7 Å². The van der Waals surface area contributed by atoms with Gasteiger partial charge in [0.05, 0.1) is 12.0 Å². The molecule has 0 bridgehead atoms. The molecule has 5 nitrogen and oxygen atoms in total. The Balaban J connectivity index is 1.60. The van der Waals surface area contributed by atoms with E-state index in [0.29, 0.717) is 12.0 Å². The summed E-state index contributed by atoms with van der Waals surface area (Å²) in [5.41, 5.74) is 2.68. The lowest BCUT2D eigenvalue weighted by molar-refractivity contribution is 0.0489. The second-order valence-corrected chi connectivity index (χ2v) is 8.21. The van der Waals surface area contributed by atoms with Crippen molar-refractivity contribution in [2.75, 3.05) is 26.2 Å². The van der Waals surface area contributed by atoms with E-state index in [-0.39, 0.29) is 6.61 Å². The first kappa shape index (κ1) is 18.6. The number of aromatic nitrogens is 2. The van der Waals surface area contributed by atoms with Crippen molar-refractivity contribution in [2.45, 2.75) is 45.9 Å². The minimum atomic E-state index is 0.254. The Bertz CT molecular complexity index is 625. The van der Waals surface area contributed by atoms with Gasteiger partial charge in [0.2, 0.25) is 0 Å². The first-order chi connectivity index (χ1) is 12.2. The normalized spacial score (nSPS) is 19.8. The van der Waals surface area contributed by atoms with Crippen molar-refractivity contribution in [3.05, 3.63) is 40.6 Å². The largest absolute Gasteiger partial charge is 0.396 e. The average Bonchev–Trinajstić information content (AvgIpc) is 3.22. The zero-order valence-corrected chi connectivity index (χ0v) is 16.2. The highest BCUT2D eigenvalue weighted by Gasteiger charge is 2.27. The topological polar surface area (TPSA) is 44.5 Å². The van der Waals surface area contributed by atoms with E-state index in [4.69, 9.17) is 0 Å². The van der Waals surface area contributed by atoms with E-state index in [0.717, 1.165) is 45.7 Å². The lowest BCUT2D eigenvalue weighted by Gasteiger charge is -2.41. The molecule has 1 aliphatic rings. The molecule has 3 rings (SSSR count). The predicted octanol–water partition coefficient (Wildman–Crippen LogP) is 2.67. The van der Waals surface area contributed by atoms with Gasteiger partial charge in [-0.1, -0.05) is 13.8 Å². The van der Waals surface area contributed by atoms with Gasteiger partial charge in [-0.3, -0.25) is 9.80 Å².